The van der Waals surface area contributed by atoms with E-state index in [4.69, 9.17) is 4.74 Å². The summed E-state index contributed by atoms with van der Waals surface area (Å²) in [6.45, 7) is 5.99. The van der Waals surface area contributed by atoms with Gasteiger partial charge in [0.25, 0.3) is 0 Å². The Labute approximate surface area is 157 Å². The molecule has 2 heterocycles. The highest BCUT2D eigenvalue weighted by molar-refractivity contribution is 5.74. The highest BCUT2D eigenvalue weighted by Crippen LogP contribution is 2.60. The molecule has 2 saturated heterocycles. The molecule has 1 aromatic carbocycles. The summed E-state index contributed by atoms with van der Waals surface area (Å²) in [7, 11) is 0. The fraction of sp³-hybridized carbons (Fsp3) is 0.696. The van der Waals surface area contributed by atoms with Gasteiger partial charge in [-0.1, -0.05) is 31.2 Å². The Hall–Kier alpha value is -1.35. The zero-order chi connectivity index (χ0) is 17.9. The van der Waals surface area contributed by atoms with Crippen molar-refractivity contribution in [2.75, 3.05) is 13.2 Å². The number of rotatable bonds is 5. The van der Waals surface area contributed by atoms with Crippen molar-refractivity contribution >= 4 is 5.97 Å². The number of esters is 1. The van der Waals surface area contributed by atoms with Crippen molar-refractivity contribution in [1.82, 2.24) is 4.90 Å². The van der Waals surface area contributed by atoms with Gasteiger partial charge in [0.2, 0.25) is 0 Å². The van der Waals surface area contributed by atoms with Gasteiger partial charge < -0.3 is 4.74 Å². The summed E-state index contributed by atoms with van der Waals surface area (Å²) >= 11 is 0. The third-order valence-corrected chi connectivity index (χ3v) is 7.94. The SMILES string of the molecule is CCOC(=O)C1CC2C3Cc4ccccc4[C@@]2(CC)CC1N3CC1CC1. The molecular weight excluding hydrogens is 322 g/mol. The third kappa shape index (κ3) is 2.32. The van der Waals surface area contributed by atoms with E-state index in [1.165, 1.54) is 32.2 Å². The first-order chi connectivity index (χ1) is 12.7. The van der Waals surface area contributed by atoms with Gasteiger partial charge in [-0.15, -0.1) is 0 Å². The molecule has 5 aliphatic rings. The summed E-state index contributed by atoms with van der Waals surface area (Å²) in [5.41, 5.74) is 3.42. The van der Waals surface area contributed by atoms with Crippen LogP contribution in [-0.4, -0.2) is 36.1 Å². The monoisotopic (exact) mass is 353 g/mol. The standard InChI is InChI=1S/C23H31NO2/c1-3-23-13-21-17(22(25)26-4-2)12-19(23)20(24(21)14-15-9-10-15)11-16-7-5-6-8-18(16)23/h5-8,15,17,19-21H,3-4,9-14H2,1-2H3/t17?,19?,20?,21?,23-/m1/s1. The summed E-state index contributed by atoms with van der Waals surface area (Å²) < 4.78 is 5.50. The largest absolute Gasteiger partial charge is 0.466 e. The van der Waals surface area contributed by atoms with Crippen LogP contribution in [-0.2, 0) is 21.4 Å². The number of carbonyl (C=O) groups is 1. The average molecular weight is 354 g/mol. The van der Waals surface area contributed by atoms with Crippen molar-refractivity contribution < 1.29 is 9.53 Å². The van der Waals surface area contributed by atoms with Crippen molar-refractivity contribution in [2.24, 2.45) is 17.8 Å². The molecular formula is C23H31NO2. The van der Waals surface area contributed by atoms with E-state index in [2.05, 4.69) is 36.1 Å². The predicted octanol–water partition coefficient (Wildman–Crippen LogP) is 3.94. The van der Waals surface area contributed by atoms with E-state index in [9.17, 15) is 4.79 Å². The minimum Gasteiger partial charge on any atom is -0.466 e. The highest BCUT2D eigenvalue weighted by Gasteiger charge is 2.62. The molecule has 4 fully saturated rings. The molecule has 0 N–H and O–H groups in total. The van der Waals surface area contributed by atoms with Gasteiger partial charge in [-0.2, -0.15) is 0 Å². The average Bonchev–Trinajstić information content (AvgIpc) is 3.48. The molecule has 3 heteroatoms. The molecule has 0 radical (unpaired) electrons. The van der Waals surface area contributed by atoms with E-state index in [0.717, 1.165) is 18.8 Å². The van der Waals surface area contributed by atoms with E-state index in [-0.39, 0.29) is 17.3 Å². The zero-order valence-electron chi connectivity index (χ0n) is 16.1. The first-order valence-corrected chi connectivity index (χ1v) is 10.7. The lowest BCUT2D eigenvalue weighted by atomic mass is 9.48. The Morgan fingerprint density at radius 3 is 2.77 bits per heavy atom. The third-order valence-electron chi connectivity index (χ3n) is 7.94. The lowest BCUT2D eigenvalue weighted by Gasteiger charge is -2.65. The molecule has 6 rings (SSSR count). The summed E-state index contributed by atoms with van der Waals surface area (Å²) in [4.78, 5) is 15.5. The van der Waals surface area contributed by atoms with Crippen LogP contribution in [0.15, 0.2) is 24.3 Å². The molecule has 2 aliphatic heterocycles. The van der Waals surface area contributed by atoms with Crippen LogP contribution in [0.5, 0.6) is 0 Å². The molecule has 3 nitrogen and oxygen atoms in total. The van der Waals surface area contributed by atoms with Crippen molar-refractivity contribution in [3.05, 3.63) is 35.4 Å². The minimum absolute atomic E-state index is 0.0558. The van der Waals surface area contributed by atoms with Gasteiger partial charge in [-0.25, -0.2) is 0 Å². The predicted molar refractivity (Wildman–Crippen MR) is 102 cm³/mol. The van der Waals surface area contributed by atoms with Gasteiger partial charge in [-0.05, 0) is 68.4 Å². The number of piperidine rings is 2. The minimum atomic E-state index is 0.0558. The molecule has 2 saturated carbocycles. The van der Waals surface area contributed by atoms with Crippen LogP contribution >= 0.6 is 0 Å². The fourth-order valence-electron chi connectivity index (χ4n) is 6.62. The number of benzene rings is 1. The summed E-state index contributed by atoms with van der Waals surface area (Å²) in [6, 6.07) is 10.1. The van der Waals surface area contributed by atoms with E-state index >= 15 is 0 Å². The van der Waals surface area contributed by atoms with Crippen LogP contribution in [0.25, 0.3) is 0 Å². The van der Waals surface area contributed by atoms with Gasteiger partial charge >= 0.3 is 5.97 Å². The van der Waals surface area contributed by atoms with Crippen LogP contribution in [0.1, 0.15) is 57.1 Å². The van der Waals surface area contributed by atoms with Crippen LogP contribution < -0.4 is 0 Å². The number of nitrogens with zero attached hydrogens (tertiary/aromatic N) is 1. The number of fused-ring (bicyclic) bond motifs is 2. The topological polar surface area (TPSA) is 29.5 Å². The first kappa shape index (κ1) is 16.8. The summed E-state index contributed by atoms with van der Waals surface area (Å²) in [5, 5.41) is 0. The van der Waals surface area contributed by atoms with Gasteiger partial charge in [0.05, 0.1) is 12.5 Å². The van der Waals surface area contributed by atoms with Crippen molar-refractivity contribution in [2.45, 2.75) is 69.9 Å². The summed E-state index contributed by atoms with van der Waals surface area (Å²) in [6.07, 6.45) is 7.27. The maximum Gasteiger partial charge on any atom is 0.310 e. The fourth-order valence-corrected chi connectivity index (χ4v) is 6.62. The van der Waals surface area contributed by atoms with E-state index < -0.39 is 0 Å². The van der Waals surface area contributed by atoms with E-state index in [1.54, 1.807) is 11.1 Å². The number of hydrogen-bond acceptors (Lipinski definition) is 3. The molecule has 4 bridgehead atoms. The molecule has 26 heavy (non-hydrogen) atoms. The normalized spacial score (nSPS) is 38.1. The second-order valence-electron chi connectivity index (χ2n) is 9.05. The molecule has 3 aliphatic carbocycles. The molecule has 4 unspecified atom stereocenters. The molecule has 0 amide bonds. The molecule has 5 atom stereocenters. The Morgan fingerprint density at radius 2 is 2.04 bits per heavy atom. The van der Waals surface area contributed by atoms with Crippen LogP contribution in [0.2, 0.25) is 0 Å². The zero-order valence-corrected chi connectivity index (χ0v) is 16.1. The Balaban J connectivity index is 1.56. The van der Waals surface area contributed by atoms with Gasteiger partial charge in [0, 0.05) is 24.0 Å². The maximum atomic E-state index is 12.7. The Bertz CT molecular complexity index is 712. The van der Waals surface area contributed by atoms with Crippen LogP contribution in [0.3, 0.4) is 0 Å². The quantitative estimate of drug-likeness (QED) is 0.751. The first-order valence-electron chi connectivity index (χ1n) is 10.7. The Morgan fingerprint density at radius 1 is 1.23 bits per heavy atom. The van der Waals surface area contributed by atoms with Crippen molar-refractivity contribution in [1.29, 1.82) is 0 Å². The maximum absolute atomic E-state index is 12.7. The van der Waals surface area contributed by atoms with E-state index in [1.807, 2.05) is 6.92 Å². The molecule has 1 aromatic rings. The molecule has 0 spiro atoms. The summed E-state index contributed by atoms with van der Waals surface area (Å²) in [5.74, 6) is 1.60. The van der Waals surface area contributed by atoms with Crippen molar-refractivity contribution in [3.63, 3.8) is 0 Å². The van der Waals surface area contributed by atoms with Crippen LogP contribution in [0.4, 0.5) is 0 Å². The number of carbonyl (C=O) groups excluding carboxylic acids is 1. The molecule has 140 valence electrons. The lowest BCUT2D eigenvalue weighted by molar-refractivity contribution is -0.168. The van der Waals surface area contributed by atoms with Gasteiger partial charge in [0.15, 0.2) is 0 Å². The number of hydrogen-bond donors (Lipinski definition) is 0. The van der Waals surface area contributed by atoms with E-state index in [0.29, 0.717) is 24.6 Å². The molecule has 0 aromatic heterocycles. The Kier molecular flexibility index (Phi) is 3.93. The number of ether oxygens (including phenoxy) is 1. The lowest BCUT2D eigenvalue weighted by Crippen LogP contribution is -2.70. The van der Waals surface area contributed by atoms with Crippen molar-refractivity contribution in [3.8, 4) is 0 Å². The second-order valence-corrected chi connectivity index (χ2v) is 9.05. The van der Waals surface area contributed by atoms with Crippen LogP contribution in [0, 0.1) is 17.8 Å². The smallest absolute Gasteiger partial charge is 0.310 e. The van der Waals surface area contributed by atoms with Gasteiger partial charge in [0.1, 0.15) is 0 Å². The van der Waals surface area contributed by atoms with Gasteiger partial charge in [-0.3, -0.25) is 9.69 Å². The second kappa shape index (κ2) is 6.09. The highest BCUT2D eigenvalue weighted by atomic mass is 16.5.